The van der Waals surface area contributed by atoms with Gasteiger partial charge in [0.2, 0.25) is 5.91 Å². The third-order valence-corrected chi connectivity index (χ3v) is 2.92. The van der Waals surface area contributed by atoms with E-state index in [1.165, 1.54) is 31.4 Å². The summed E-state index contributed by atoms with van der Waals surface area (Å²) in [5, 5.41) is 5.06. The highest BCUT2D eigenvalue weighted by Crippen LogP contribution is 2.11. The quantitative estimate of drug-likeness (QED) is 0.282. The summed E-state index contributed by atoms with van der Waals surface area (Å²) in [7, 11) is 0. The molecule has 0 saturated carbocycles. The van der Waals surface area contributed by atoms with Crippen LogP contribution in [0.5, 0.6) is 0 Å². The average molecular weight is 328 g/mol. The second-order valence-corrected chi connectivity index (χ2v) is 4.76. The SMILES string of the molecule is CC(=O)Nc1ccc(C(=O)N/C(=C\c2ccco2)C(=O)NN)cc1. The summed E-state index contributed by atoms with van der Waals surface area (Å²) >= 11 is 0. The number of carbonyl (C=O) groups excluding carboxylic acids is 3. The molecule has 0 unspecified atom stereocenters. The van der Waals surface area contributed by atoms with E-state index in [-0.39, 0.29) is 11.6 Å². The molecule has 124 valence electrons. The average Bonchev–Trinajstić information content (AvgIpc) is 3.06. The van der Waals surface area contributed by atoms with Crippen LogP contribution in [0.1, 0.15) is 23.0 Å². The number of anilines is 1. The van der Waals surface area contributed by atoms with E-state index in [2.05, 4.69) is 10.6 Å². The van der Waals surface area contributed by atoms with Crippen LogP contribution in [0.4, 0.5) is 5.69 Å². The lowest BCUT2D eigenvalue weighted by Crippen LogP contribution is -2.38. The molecule has 0 atom stereocenters. The van der Waals surface area contributed by atoms with E-state index in [1.807, 2.05) is 5.43 Å². The van der Waals surface area contributed by atoms with Gasteiger partial charge in [-0.2, -0.15) is 0 Å². The highest BCUT2D eigenvalue weighted by Gasteiger charge is 2.14. The van der Waals surface area contributed by atoms with Crippen LogP contribution >= 0.6 is 0 Å². The normalized spacial score (nSPS) is 10.8. The number of rotatable bonds is 5. The molecule has 8 nitrogen and oxygen atoms in total. The first-order valence-electron chi connectivity index (χ1n) is 6.94. The number of hydrogen-bond donors (Lipinski definition) is 4. The third-order valence-electron chi connectivity index (χ3n) is 2.92. The number of hydrazine groups is 1. The molecule has 0 saturated heterocycles. The minimum absolute atomic E-state index is 0.0663. The molecule has 1 aromatic carbocycles. The van der Waals surface area contributed by atoms with E-state index >= 15 is 0 Å². The molecule has 2 aromatic rings. The number of amides is 3. The molecule has 0 aliphatic heterocycles. The number of hydrogen-bond acceptors (Lipinski definition) is 5. The molecule has 0 spiro atoms. The zero-order valence-electron chi connectivity index (χ0n) is 12.8. The number of nitrogens with two attached hydrogens (primary N) is 1. The van der Waals surface area contributed by atoms with E-state index in [1.54, 1.807) is 24.3 Å². The lowest BCUT2D eigenvalue weighted by molar-refractivity contribution is -0.117. The van der Waals surface area contributed by atoms with Gasteiger partial charge in [0.05, 0.1) is 6.26 Å². The summed E-state index contributed by atoms with van der Waals surface area (Å²) in [4.78, 5) is 35.0. The Morgan fingerprint density at radius 2 is 1.83 bits per heavy atom. The molecule has 1 aromatic heterocycles. The van der Waals surface area contributed by atoms with Crippen LogP contribution in [0, 0.1) is 0 Å². The Bertz CT molecular complexity index is 764. The van der Waals surface area contributed by atoms with Gasteiger partial charge in [-0.05, 0) is 36.4 Å². The van der Waals surface area contributed by atoms with Gasteiger partial charge in [0.1, 0.15) is 11.5 Å². The second-order valence-electron chi connectivity index (χ2n) is 4.76. The van der Waals surface area contributed by atoms with Gasteiger partial charge >= 0.3 is 0 Å². The second kappa shape index (κ2) is 7.75. The molecule has 0 aliphatic rings. The van der Waals surface area contributed by atoms with Gasteiger partial charge in [-0.3, -0.25) is 19.8 Å². The van der Waals surface area contributed by atoms with Crippen LogP contribution in [-0.4, -0.2) is 17.7 Å². The molecule has 2 rings (SSSR count). The van der Waals surface area contributed by atoms with Gasteiger partial charge in [0, 0.05) is 24.3 Å². The van der Waals surface area contributed by atoms with Gasteiger partial charge in [-0.25, -0.2) is 5.84 Å². The first kappa shape index (κ1) is 17.0. The van der Waals surface area contributed by atoms with Crippen LogP contribution < -0.4 is 21.9 Å². The Kier molecular flexibility index (Phi) is 5.48. The Labute approximate surface area is 137 Å². The molecule has 0 radical (unpaired) electrons. The van der Waals surface area contributed by atoms with Crippen molar-refractivity contribution in [3.8, 4) is 0 Å². The minimum atomic E-state index is -0.672. The Morgan fingerprint density at radius 3 is 2.38 bits per heavy atom. The number of furan rings is 1. The third kappa shape index (κ3) is 4.55. The van der Waals surface area contributed by atoms with Crippen molar-refractivity contribution in [1.82, 2.24) is 10.7 Å². The molecular formula is C16H16N4O4. The summed E-state index contributed by atoms with van der Waals surface area (Å²) < 4.78 is 5.11. The predicted molar refractivity (Wildman–Crippen MR) is 87.2 cm³/mol. The topological polar surface area (TPSA) is 126 Å². The number of benzene rings is 1. The Hall–Kier alpha value is -3.39. The first-order valence-corrected chi connectivity index (χ1v) is 6.94. The van der Waals surface area contributed by atoms with Crippen LogP contribution in [0.2, 0.25) is 0 Å². The van der Waals surface area contributed by atoms with E-state index in [0.29, 0.717) is 17.0 Å². The lowest BCUT2D eigenvalue weighted by Gasteiger charge is -2.09. The zero-order chi connectivity index (χ0) is 17.5. The fourth-order valence-corrected chi connectivity index (χ4v) is 1.85. The monoisotopic (exact) mass is 328 g/mol. The Balaban J connectivity index is 2.15. The fraction of sp³-hybridized carbons (Fsp3) is 0.0625. The summed E-state index contributed by atoms with van der Waals surface area (Å²) in [5.41, 5.74) is 2.75. The van der Waals surface area contributed by atoms with Gasteiger partial charge in [-0.1, -0.05) is 0 Å². The Morgan fingerprint density at radius 1 is 1.12 bits per heavy atom. The van der Waals surface area contributed by atoms with Crippen LogP contribution in [0.25, 0.3) is 6.08 Å². The number of carbonyl (C=O) groups is 3. The smallest absolute Gasteiger partial charge is 0.281 e. The standard InChI is InChI=1S/C16H16N4O4/c1-10(21)18-12-6-4-11(5-7-12)15(22)19-14(16(23)20-17)9-13-3-2-8-24-13/h2-9H,17H2,1H3,(H,18,21)(H,19,22)(H,20,23)/b14-9-. The highest BCUT2D eigenvalue weighted by molar-refractivity contribution is 6.05. The van der Waals surface area contributed by atoms with Crippen molar-refractivity contribution < 1.29 is 18.8 Å². The largest absolute Gasteiger partial charge is 0.465 e. The molecule has 8 heteroatoms. The van der Waals surface area contributed by atoms with Gasteiger partial charge in [0.15, 0.2) is 0 Å². The van der Waals surface area contributed by atoms with E-state index in [4.69, 9.17) is 10.3 Å². The van der Waals surface area contributed by atoms with E-state index < -0.39 is 11.8 Å². The van der Waals surface area contributed by atoms with Crippen LogP contribution in [0.15, 0.2) is 52.8 Å². The molecule has 0 fully saturated rings. The van der Waals surface area contributed by atoms with Crippen LogP contribution in [0.3, 0.4) is 0 Å². The molecule has 5 N–H and O–H groups in total. The van der Waals surface area contributed by atoms with E-state index in [9.17, 15) is 14.4 Å². The molecular weight excluding hydrogens is 312 g/mol. The van der Waals surface area contributed by atoms with Crippen molar-refractivity contribution >= 4 is 29.5 Å². The molecule has 3 amide bonds. The van der Waals surface area contributed by atoms with Crippen LogP contribution in [-0.2, 0) is 9.59 Å². The fourth-order valence-electron chi connectivity index (χ4n) is 1.85. The maximum atomic E-state index is 12.2. The molecule has 0 bridgehead atoms. The highest BCUT2D eigenvalue weighted by atomic mass is 16.3. The molecule has 24 heavy (non-hydrogen) atoms. The summed E-state index contributed by atoms with van der Waals surface area (Å²) in [6.07, 6.45) is 2.79. The van der Waals surface area contributed by atoms with Crippen molar-refractivity contribution in [2.45, 2.75) is 6.92 Å². The van der Waals surface area contributed by atoms with Gasteiger partial charge < -0.3 is 15.1 Å². The summed E-state index contributed by atoms with van der Waals surface area (Å²) in [5.74, 6) is 4.11. The van der Waals surface area contributed by atoms with Crippen molar-refractivity contribution in [3.05, 3.63) is 59.7 Å². The van der Waals surface area contributed by atoms with Crippen molar-refractivity contribution in [2.24, 2.45) is 5.84 Å². The van der Waals surface area contributed by atoms with Crippen molar-refractivity contribution in [1.29, 1.82) is 0 Å². The number of nitrogens with one attached hydrogen (secondary N) is 3. The van der Waals surface area contributed by atoms with Gasteiger partial charge in [0.25, 0.3) is 11.8 Å². The van der Waals surface area contributed by atoms with Crippen molar-refractivity contribution in [3.63, 3.8) is 0 Å². The molecule has 1 heterocycles. The maximum Gasteiger partial charge on any atom is 0.281 e. The van der Waals surface area contributed by atoms with Crippen molar-refractivity contribution in [2.75, 3.05) is 5.32 Å². The van der Waals surface area contributed by atoms with Gasteiger partial charge in [-0.15, -0.1) is 0 Å². The predicted octanol–water partition coefficient (Wildman–Crippen LogP) is 0.999. The minimum Gasteiger partial charge on any atom is -0.465 e. The molecule has 0 aliphatic carbocycles. The maximum absolute atomic E-state index is 12.2. The lowest BCUT2D eigenvalue weighted by atomic mass is 10.2. The first-order chi connectivity index (χ1) is 11.5. The summed E-state index contributed by atoms with van der Waals surface area (Å²) in [6.45, 7) is 1.39. The summed E-state index contributed by atoms with van der Waals surface area (Å²) in [6, 6.07) is 9.46. The van der Waals surface area contributed by atoms with E-state index in [0.717, 1.165) is 0 Å². The zero-order valence-corrected chi connectivity index (χ0v) is 12.8.